The number of hydrogen-bond acceptors (Lipinski definition) is 4. The van der Waals surface area contributed by atoms with Gasteiger partial charge in [-0.25, -0.2) is 0 Å². The van der Waals surface area contributed by atoms with E-state index < -0.39 is 4.92 Å². The number of aromatic hydroxyl groups is 1. The molecule has 1 rings (SSSR count). The third-order valence-corrected chi connectivity index (χ3v) is 1.45. The molecule has 0 unspecified atom stereocenters. The number of nitro benzene ring substituents is 1. The van der Waals surface area contributed by atoms with Crippen LogP contribution in [0.1, 0.15) is 0 Å². The van der Waals surface area contributed by atoms with Gasteiger partial charge in [0.2, 0.25) is 5.75 Å². The molecule has 0 bridgehead atoms. The van der Waals surface area contributed by atoms with Crippen LogP contribution in [0.3, 0.4) is 0 Å². The van der Waals surface area contributed by atoms with Crippen LogP contribution in [0.5, 0.6) is 11.5 Å². The fraction of sp³-hybridized carbons (Fsp3) is 0.111. The lowest BCUT2D eigenvalue weighted by Crippen LogP contribution is -1.98. The third kappa shape index (κ3) is 2.14. The Balaban J connectivity index is 3.04. The SMILES string of the molecule is C#CCOc1cc(O)ccc1[N+](=O)[O-]. The second kappa shape index (κ2) is 4.14. The van der Waals surface area contributed by atoms with Crippen molar-refractivity contribution in [2.45, 2.75) is 0 Å². The highest BCUT2D eigenvalue weighted by Gasteiger charge is 2.14. The quantitative estimate of drug-likeness (QED) is 0.446. The van der Waals surface area contributed by atoms with Crippen molar-refractivity contribution in [1.29, 1.82) is 0 Å². The summed E-state index contributed by atoms with van der Waals surface area (Å²) in [6, 6.07) is 3.51. The summed E-state index contributed by atoms with van der Waals surface area (Å²) in [5.41, 5.74) is -0.224. The van der Waals surface area contributed by atoms with Crippen molar-refractivity contribution in [1.82, 2.24) is 0 Å². The zero-order chi connectivity index (χ0) is 10.6. The monoisotopic (exact) mass is 193 g/mol. The van der Waals surface area contributed by atoms with Gasteiger partial charge in [-0.3, -0.25) is 10.1 Å². The van der Waals surface area contributed by atoms with Gasteiger partial charge in [0.25, 0.3) is 0 Å². The largest absolute Gasteiger partial charge is 0.508 e. The maximum atomic E-state index is 10.5. The van der Waals surface area contributed by atoms with Crippen LogP contribution < -0.4 is 4.74 Å². The summed E-state index contributed by atoms with van der Waals surface area (Å²) >= 11 is 0. The van der Waals surface area contributed by atoms with Gasteiger partial charge in [0.15, 0.2) is 0 Å². The average Bonchev–Trinajstić information content (AvgIpc) is 2.14. The fourth-order valence-corrected chi connectivity index (χ4v) is 0.889. The molecule has 0 fully saturated rings. The Morgan fingerprint density at radius 3 is 2.93 bits per heavy atom. The smallest absolute Gasteiger partial charge is 0.311 e. The Bertz CT molecular complexity index is 394. The maximum absolute atomic E-state index is 10.5. The molecular weight excluding hydrogens is 186 g/mol. The molecule has 0 saturated carbocycles. The molecule has 1 aromatic carbocycles. The second-order valence-electron chi connectivity index (χ2n) is 2.40. The summed E-state index contributed by atoms with van der Waals surface area (Å²) in [5.74, 6) is 2.03. The first-order chi connectivity index (χ1) is 6.65. The van der Waals surface area contributed by atoms with Crippen molar-refractivity contribution in [2.75, 3.05) is 6.61 Å². The number of hydrogen-bond donors (Lipinski definition) is 1. The summed E-state index contributed by atoms with van der Waals surface area (Å²) in [5, 5.41) is 19.6. The van der Waals surface area contributed by atoms with Crippen LogP contribution in [0, 0.1) is 22.5 Å². The minimum Gasteiger partial charge on any atom is -0.508 e. The molecule has 14 heavy (non-hydrogen) atoms. The first-order valence-electron chi connectivity index (χ1n) is 3.69. The van der Waals surface area contributed by atoms with Gasteiger partial charge in [0.1, 0.15) is 12.4 Å². The summed E-state index contributed by atoms with van der Waals surface area (Å²) < 4.78 is 4.89. The molecule has 0 heterocycles. The fourth-order valence-electron chi connectivity index (χ4n) is 0.889. The van der Waals surface area contributed by atoms with Gasteiger partial charge in [-0.05, 0) is 6.07 Å². The second-order valence-corrected chi connectivity index (χ2v) is 2.40. The topological polar surface area (TPSA) is 72.6 Å². The standard InChI is InChI=1S/C9H7NO4/c1-2-5-14-9-6-7(11)3-4-8(9)10(12)13/h1,3-4,6,11H,5H2. The third-order valence-electron chi connectivity index (χ3n) is 1.45. The molecule has 0 radical (unpaired) electrons. The predicted molar refractivity (Wildman–Crippen MR) is 49.1 cm³/mol. The number of phenols is 1. The predicted octanol–water partition coefficient (Wildman–Crippen LogP) is 1.31. The van der Waals surface area contributed by atoms with Crippen LogP contribution >= 0.6 is 0 Å². The van der Waals surface area contributed by atoms with Crippen LogP contribution in [0.15, 0.2) is 18.2 Å². The average molecular weight is 193 g/mol. The molecule has 5 heteroatoms. The van der Waals surface area contributed by atoms with Crippen molar-refractivity contribution in [2.24, 2.45) is 0 Å². The van der Waals surface area contributed by atoms with E-state index in [0.29, 0.717) is 0 Å². The van der Waals surface area contributed by atoms with Crippen molar-refractivity contribution in [3.8, 4) is 23.8 Å². The Hall–Kier alpha value is -2.22. The molecule has 0 aliphatic rings. The minimum atomic E-state index is -0.606. The van der Waals surface area contributed by atoms with E-state index in [1.165, 1.54) is 6.07 Å². The number of ether oxygens (including phenoxy) is 1. The molecule has 0 spiro atoms. The Kier molecular flexibility index (Phi) is 2.92. The summed E-state index contributed by atoms with van der Waals surface area (Å²) in [6.45, 7) is -0.0791. The summed E-state index contributed by atoms with van der Waals surface area (Å²) in [7, 11) is 0. The van der Waals surface area contributed by atoms with Crippen LogP contribution in [0.4, 0.5) is 5.69 Å². The molecule has 72 valence electrons. The number of nitrogens with zero attached hydrogens (tertiary/aromatic N) is 1. The molecule has 1 N–H and O–H groups in total. The number of rotatable bonds is 3. The summed E-state index contributed by atoms with van der Waals surface area (Å²) in [6.07, 6.45) is 4.93. The lowest BCUT2D eigenvalue weighted by molar-refractivity contribution is -0.385. The summed E-state index contributed by atoms with van der Waals surface area (Å²) in [4.78, 5) is 9.88. The van der Waals surface area contributed by atoms with E-state index in [1.54, 1.807) is 0 Å². The van der Waals surface area contributed by atoms with Crippen molar-refractivity contribution < 1.29 is 14.8 Å². The molecule has 0 amide bonds. The Morgan fingerprint density at radius 1 is 1.64 bits per heavy atom. The highest BCUT2D eigenvalue weighted by Crippen LogP contribution is 2.30. The van der Waals surface area contributed by atoms with Crippen LogP contribution in [0.25, 0.3) is 0 Å². The van der Waals surface area contributed by atoms with Gasteiger partial charge in [0, 0.05) is 12.1 Å². The minimum absolute atomic E-state index is 0.0343. The molecule has 5 nitrogen and oxygen atoms in total. The molecule has 0 aromatic heterocycles. The number of terminal acetylenes is 1. The Labute approximate surface area is 80.1 Å². The van der Waals surface area contributed by atoms with E-state index in [2.05, 4.69) is 5.92 Å². The van der Waals surface area contributed by atoms with Crippen molar-refractivity contribution >= 4 is 5.69 Å². The van der Waals surface area contributed by atoms with E-state index >= 15 is 0 Å². The van der Waals surface area contributed by atoms with E-state index in [0.717, 1.165) is 12.1 Å². The number of nitro groups is 1. The van der Waals surface area contributed by atoms with Gasteiger partial charge in [-0.2, -0.15) is 0 Å². The van der Waals surface area contributed by atoms with E-state index in [1.807, 2.05) is 0 Å². The molecule has 1 aromatic rings. The lowest BCUT2D eigenvalue weighted by Gasteiger charge is -2.03. The zero-order valence-corrected chi connectivity index (χ0v) is 7.14. The molecule has 0 saturated heterocycles. The zero-order valence-electron chi connectivity index (χ0n) is 7.14. The van der Waals surface area contributed by atoms with Gasteiger partial charge in [-0.15, -0.1) is 6.42 Å². The molecule has 0 atom stereocenters. The molecule has 0 aliphatic heterocycles. The van der Waals surface area contributed by atoms with Gasteiger partial charge in [0.05, 0.1) is 4.92 Å². The highest BCUT2D eigenvalue weighted by atomic mass is 16.6. The molecule has 0 aliphatic carbocycles. The van der Waals surface area contributed by atoms with Crippen LogP contribution in [0.2, 0.25) is 0 Å². The highest BCUT2D eigenvalue weighted by molar-refractivity contribution is 5.50. The Morgan fingerprint density at radius 2 is 2.36 bits per heavy atom. The first kappa shape index (κ1) is 9.86. The van der Waals surface area contributed by atoms with Gasteiger partial charge in [-0.1, -0.05) is 5.92 Å². The van der Waals surface area contributed by atoms with E-state index in [4.69, 9.17) is 16.3 Å². The maximum Gasteiger partial charge on any atom is 0.311 e. The normalized spacial score (nSPS) is 9.07. The van der Waals surface area contributed by atoms with E-state index in [9.17, 15) is 10.1 Å². The number of benzene rings is 1. The van der Waals surface area contributed by atoms with Gasteiger partial charge < -0.3 is 9.84 Å². The van der Waals surface area contributed by atoms with Crippen molar-refractivity contribution in [3.63, 3.8) is 0 Å². The number of phenolic OH excluding ortho intramolecular Hbond substituents is 1. The van der Waals surface area contributed by atoms with E-state index in [-0.39, 0.29) is 23.8 Å². The van der Waals surface area contributed by atoms with Gasteiger partial charge >= 0.3 is 5.69 Å². The van der Waals surface area contributed by atoms with Crippen LogP contribution in [-0.4, -0.2) is 16.6 Å². The lowest BCUT2D eigenvalue weighted by atomic mass is 10.3. The first-order valence-corrected chi connectivity index (χ1v) is 3.69. The van der Waals surface area contributed by atoms with Crippen molar-refractivity contribution in [3.05, 3.63) is 28.3 Å². The van der Waals surface area contributed by atoms with Crippen LogP contribution in [-0.2, 0) is 0 Å². The molecular formula is C9H7NO4.